The van der Waals surface area contributed by atoms with Crippen LogP contribution in [0.3, 0.4) is 0 Å². The van der Waals surface area contributed by atoms with Crippen LogP contribution in [0.15, 0.2) is 6.07 Å². The molecule has 0 aromatic carbocycles. The zero-order valence-electron chi connectivity index (χ0n) is 14.7. The van der Waals surface area contributed by atoms with Gasteiger partial charge in [0.15, 0.2) is 0 Å². The van der Waals surface area contributed by atoms with Gasteiger partial charge < -0.3 is 15.5 Å². The van der Waals surface area contributed by atoms with Crippen molar-refractivity contribution >= 4 is 6.03 Å². The van der Waals surface area contributed by atoms with Gasteiger partial charge in [-0.2, -0.15) is 5.10 Å². The van der Waals surface area contributed by atoms with E-state index in [-0.39, 0.29) is 6.03 Å². The number of carbonyl (C=O) groups excluding carboxylic acids is 1. The quantitative estimate of drug-likeness (QED) is 0.834. The van der Waals surface area contributed by atoms with Gasteiger partial charge in [0.05, 0.1) is 17.9 Å². The van der Waals surface area contributed by atoms with Crippen LogP contribution in [0, 0.1) is 17.8 Å². The van der Waals surface area contributed by atoms with Crippen molar-refractivity contribution in [3.8, 4) is 0 Å². The second-order valence-electron chi connectivity index (χ2n) is 7.64. The highest BCUT2D eigenvalue weighted by Crippen LogP contribution is 2.49. The van der Waals surface area contributed by atoms with Crippen molar-refractivity contribution in [2.75, 3.05) is 40.3 Å². The molecule has 3 aliphatic rings. The molecule has 1 unspecified atom stereocenters. The van der Waals surface area contributed by atoms with E-state index in [0.717, 1.165) is 43.0 Å². The van der Waals surface area contributed by atoms with Gasteiger partial charge in [-0.05, 0) is 43.3 Å². The molecule has 0 spiro atoms. The summed E-state index contributed by atoms with van der Waals surface area (Å²) in [6.07, 6.45) is 1.15. The van der Waals surface area contributed by atoms with Crippen molar-refractivity contribution in [2.24, 2.45) is 17.8 Å². The number of aromatic nitrogens is 2. The Morgan fingerprint density at radius 2 is 2.17 bits per heavy atom. The van der Waals surface area contributed by atoms with Crippen LogP contribution >= 0.6 is 0 Å². The lowest BCUT2D eigenvalue weighted by Crippen LogP contribution is -2.34. The number of amides is 2. The van der Waals surface area contributed by atoms with Crippen LogP contribution in [0.25, 0.3) is 0 Å². The molecule has 4 rings (SSSR count). The third kappa shape index (κ3) is 3.15. The molecule has 2 aliphatic heterocycles. The highest BCUT2D eigenvalue weighted by molar-refractivity contribution is 5.73. The Morgan fingerprint density at radius 3 is 2.92 bits per heavy atom. The highest BCUT2D eigenvalue weighted by Gasteiger charge is 2.52. The second-order valence-corrected chi connectivity index (χ2v) is 7.64. The van der Waals surface area contributed by atoms with Gasteiger partial charge in [-0.1, -0.05) is 0 Å². The highest BCUT2D eigenvalue weighted by atomic mass is 16.2. The average Bonchev–Trinajstić information content (AvgIpc) is 2.90. The molecule has 0 radical (unpaired) electrons. The molecule has 1 saturated heterocycles. The maximum Gasteiger partial charge on any atom is 0.317 e. The number of nitrogens with zero attached hydrogens (tertiary/aromatic N) is 4. The molecule has 7 nitrogen and oxygen atoms in total. The lowest BCUT2D eigenvalue weighted by atomic mass is 10.2. The molecule has 132 valence electrons. The zero-order chi connectivity index (χ0) is 16.7. The van der Waals surface area contributed by atoms with Gasteiger partial charge >= 0.3 is 6.03 Å². The van der Waals surface area contributed by atoms with Crippen LogP contribution in [0.2, 0.25) is 0 Å². The first-order valence-electron chi connectivity index (χ1n) is 9.05. The third-order valence-corrected chi connectivity index (χ3v) is 5.71. The maximum absolute atomic E-state index is 11.7. The van der Waals surface area contributed by atoms with Gasteiger partial charge in [0.2, 0.25) is 0 Å². The second kappa shape index (κ2) is 6.37. The van der Waals surface area contributed by atoms with E-state index in [9.17, 15) is 4.79 Å². The third-order valence-electron chi connectivity index (χ3n) is 5.71. The fourth-order valence-electron chi connectivity index (χ4n) is 4.27. The topological polar surface area (TPSA) is 65.4 Å². The fraction of sp³-hybridized carbons (Fsp3) is 0.765. The van der Waals surface area contributed by atoms with E-state index in [2.05, 4.69) is 31.4 Å². The first kappa shape index (κ1) is 15.9. The number of piperidine rings is 1. The van der Waals surface area contributed by atoms with E-state index < -0.39 is 0 Å². The minimum Gasteiger partial charge on any atom is -0.332 e. The monoisotopic (exact) mass is 332 g/mol. The normalized spacial score (nSPS) is 28.8. The van der Waals surface area contributed by atoms with E-state index in [0.29, 0.717) is 6.54 Å². The van der Waals surface area contributed by atoms with Gasteiger partial charge in [0.25, 0.3) is 0 Å². The minimum atomic E-state index is -0.0753. The number of carbonyl (C=O) groups is 1. The Labute approximate surface area is 143 Å². The van der Waals surface area contributed by atoms with E-state index in [1.807, 2.05) is 0 Å². The molecule has 0 bridgehead atoms. The Bertz CT molecular complexity index is 602. The fourth-order valence-corrected chi connectivity index (χ4v) is 4.27. The minimum absolute atomic E-state index is 0.0753. The van der Waals surface area contributed by atoms with Gasteiger partial charge in [-0.3, -0.25) is 9.58 Å². The molecule has 24 heavy (non-hydrogen) atoms. The van der Waals surface area contributed by atoms with Crippen molar-refractivity contribution in [2.45, 2.75) is 26.1 Å². The predicted molar refractivity (Wildman–Crippen MR) is 91.4 cm³/mol. The summed E-state index contributed by atoms with van der Waals surface area (Å²) in [5.41, 5.74) is 2.24. The van der Waals surface area contributed by atoms with Crippen LogP contribution in [-0.2, 0) is 19.6 Å². The van der Waals surface area contributed by atoms with Gasteiger partial charge in [-0.15, -0.1) is 0 Å². The number of hydrogen-bond donors (Lipinski definition) is 2. The van der Waals surface area contributed by atoms with Crippen molar-refractivity contribution in [1.29, 1.82) is 0 Å². The van der Waals surface area contributed by atoms with Crippen molar-refractivity contribution < 1.29 is 4.79 Å². The summed E-state index contributed by atoms with van der Waals surface area (Å²) < 4.78 is 2.13. The Morgan fingerprint density at radius 1 is 1.38 bits per heavy atom. The summed E-state index contributed by atoms with van der Waals surface area (Å²) in [5, 5.41) is 11.1. The molecule has 1 aromatic rings. The molecule has 1 aliphatic carbocycles. The smallest absolute Gasteiger partial charge is 0.317 e. The summed E-state index contributed by atoms with van der Waals surface area (Å²) >= 11 is 0. The first-order chi connectivity index (χ1) is 11.6. The van der Waals surface area contributed by atoms with Gasteiger partial charge in [0, 0.05) is 40.3 Å². The van der Waals surface area contributed by atoms with Crippen LogP contribution < -0.4 is 10.6 Å². The van der Waals surface area contributed by atoms with Crippen LogP contribution in [0.4, 0.5) is 4.79 Å². The van der Waals surface area contributed by atoms with E-state index >= 15 is 0 Å². The number of fused-ring (bicyclic) bond motifs is 2. The molecule has 2 N–H and O–H groups in total. The summed E-state index contributed by atoms with van der Waals surface area (Å²) in [4.78, 5) is 15.8. The maximum atomic E-state index is 11.7. The molecule has 3 atom stereocenters. The molecule has 7 heteroatoms. The van der Waals surface area contributed by atoms with Crippen LogP contribution in [0.1, 0.15) is 17.8 Å². The predicted octanol–water partition coefficient (Wildman–Crippen LogP) is 0.325. The molecule has 1 aromatic heterocycles. The van der Waals surface area contributed by atoms with E-state index in [1.54, 1.807) is 19.0 Å². The molecule has 1 saturated carbocycles. The summed E-state index contributed by atoms with van der Waals surface area (Å²) in [7, 11) is 3.50. The van der Waals surface area contributed by atoms with Crippen molar-refractivity contribution in [1.82, 2.24) is 30.2 Å². The van der Waals surface area contributed by atoms with Crippen molar-refractivity contribution in [3.63, 3.8) is 0 Å². The largest absolute Gasteiger partial charge is 0.332 e. The standard InChI is InChI=1S/C17H28N6O/c1-21(2)17(24)19-7-12-6-13-10-22(4-3-5-23(13)20-12)11-16-14-8-18-9-15(14)16/h6,14-16,18H,3-5,7-11H2,1-2H3,(H,19,24)/t14-,15+,16?. The Balaban J connectivity index is 1.35. The summed E-state index contributed by atoms with van der Waals surface area (Å²) in [5.74, 6) is 2.75. The number of nitrogens with one attached hydrogen (secondary N) is 2. The van der Waals surface area contributed by atoms with Crippen LogP contribution in [-0.4, -0.2) is 65.9 Å². The number of hydrogen-bond acceptors (Lipinski definition) is 4. The SMILES string of the molecule is CN(C)C(=O)NCc1cc2n(n1)CCCN(CC1[C@H]3CNC[C@@H]13)C2. The Kier molecular flexibility index (Phi) is 4.22. The van der Waals surface area contributed by atoms with Crippen molar-refractivity contribution in [3.05, 3.63) is 17.5 Å². The summed E-state index contributed by atoms with van der Waals surface area (Å²) in [6.45, 7) is 7.29. The number of urea groups is 1. The van der Waals surface area contributed by atoms with Crippen LogP contribution in [0.5, 0.6) is 0 Å². The first-order valence-corrected chi connectivity index (χ1v) is 9.05. The van der Waals surface area contributed by atoms with Gasteiger partial charge in [0.1, 0.15) is 0 Å². The molecular formula is C17H28N6O. The lowest BCUT2D eigenvalue weighted by Gasteiger charge is -2.20. The average molecular weight is 332 g/mol. The molecular weight excluding hydrogens is 304 g/mol. The Hall–Kier alpha value is -1.60. The molecule has 2 amide bonds. The number of rotatable bonds is 4. The number of aryl methyl sites for hydroxylation is 1. The summed E-state index contributed by atoms with van der Waals surface area (Å²) in [6, 6.07) is 2.08. The van der Waals surface area contributed by atoms with E-state index in [4.69, 9.17) is 0 Å². The van der Waals surface area contributed by atoms with E-state index in [1.165, 1.54) is 31.9 Å². The lowest BCUT2D eigenvalue weighted by molar-refractivity contribution is 0.217. The molecule has 3 heterocycles. The zero-order valence-corrected chi connectivity index (χ0v) is 14.7. The van der Waals surface area contributed by atoms with Gasteiger partial charge in [-0.25, -0.2) is 4.79 Å². The molecule has 2 fully saturated rings.